The van der Waals surface area contributed by atoms with E-state index in [0.717, 1.165) is 6.54 Å². The topological polar surface area (TPSA) is 41.3 Å². The Kier molecular flexibility index (Phi) is 4.70. The Morgan fingerprint density at radius 3 is 2.38 bits per heavy atom. The number of likely N-dealkylation sites (tertiary alicyclic amines) is 1. The van der Waals surface area contributed by atoms with Gasteiger partial charge in [-0.15, -0.1) is 0 Å². The first-order valence-electron chi connectivity index (χ1n) is 5.41. The van der Waals surface area contributed by atoms with Crippen LogP contribution in [0.1, 0.15) is 26.7 Å². The van der Waals surface area contributed by atoms with E-state index < -0.39 is 0 Å². The van der Waals surface area contributed by atoms with Crippen molar-refractivity contribution in [2.75, 3.05) is 26.2 Å². The molecule has 0 spiro atoms. The molecule has 3 heteroatoms. The maximum Gasteiger partial charge on any atom is 0.0169 e. The molecular weight excluding hydrogens is 162 g/mol. The summed E-state index contributed by atoms with van der Waals surface area (Å²) < 4.78 is 0. The Bertz CT molecular complexity index is 132. The molecule has 1 saturated heterocycles. The highest BCUT2D eigenvalue weighted by atomic mass is 15.2. The second-order valence-corrected chi connectivity index (χ2v) is 4.21. The molecule has 0 saturated carbocycles. The highest BCUT2D eigenvalue weighted by molar-refractivity contribution is 4.74. The maximum absolute atomic E-state index is 5.55. The van der Waals surface area contributed by atoms with E-state index in [4.69, 9.17) is 5.73 Å². The lowest BCUT2D eigenvalue weighted by Crippen LogP contribution is -2.44. The van der Waals surface area contributed by atoms with Crippen LogP contribution in [0, 0.1) is 0 Å². The zero-order chi connectivity index (χ0) is 9.68. The van der Waals surface area contributed by atoms with Gasteiger partial charge in [-0.05, 0) is 39.8 Å². The molecule has 0 radical (unpaired) electrons. The van der Waals surface area contributed by atoms with Gasteiger partial charge in [0, 0.05) is 25.2 Å². The predicted octanol–water partition coefficient (Wildman–Crippen LogP) is 0.408. The first kappa shape index (κ1) is 11.0. The second kappa shape index (κ2) is 5.58. The SMILES string of the molecule is CC(CN)NC(C)CN1CCCC1. The zero-order valence-electron chi connectivity index (χ0n) is 8.92. The summed E-state index contributed by atoms with van der Waals surface area (Å²) in [6.45, 7) is 8.84. The largest absolute Gasteiger partial charge is 0.329 e. The van der Waals surface area contributed by atoms with Gasteiger partial charge in [0.15, 0.2) is 0 Å². The molecule has 0 amide bonds. The van der Waals surface area contributed by atoms with E-state index >= 15 is 0 Å². The zero-order valence-corrected chi connectivity index (χ0v) is 8.92. The van der Waals surface area contributed by atoms with Gasteiger partial charge in [0.1, 0.15) is 0 Å². The van der Waals surface area contributed by atoms with Crippen molar-refractivity contribution in [3.05, 3.63) is 0 Å². The molecule has 1 rings (SSSR count). The number of nitrogens with one attached hydrogen (secondary N) is 1. The third-order valence-corrected chi connectivity index (χ3v) is 2.65. The van der Waals surface area contributed by atoms with Gasteiger partial charge in [-0.3, -0.25) is 0 Å². The van der Waals surface area contributed by atoms with Crippen LogP contribution in [0.3, 0.4) is 0 Å². The molecule has 3 nitrogen and oxygen atoms in total. The summed E-state index contributed by atoms with van der Waals surface area (Å²) >= 11 is 0. The van der Waals surface area contributed by atoms with Crippen molar-refractivity contribution in [1.82, 2.24) is 10.2 Å². The van der Waals surface area contributed by atoms with Crippen molar-refractivity contribution >= 4 is 0 Å². The number of rotatable bonds is 5. The van der Waals surface area contributed by atoms with Gasteiger partial charge in [-0.2, -0.15) is 0 Å². The predicted molar refractivity (Wildman–Crippen MR) is 56.8 cm³/mol. The third-order valence-electron chi connectivity index (χ3n) is 2.65. The van der Waals surface area contributed by atoms with E-state index in [9.17, 15) is 0 Å². The van der Waals surface area contributed by atoms with E-state index in [1.165, 1.54) is 32.5 Å². The highest BCUT2D eigenvalue weighted by Gasteiger charge is 2.14. The highest BCUT2D eigenvalue weighted by Crippen LogP contribution is 2.07. The van der Waals surface area contributed by atoms with Gasteiger partial charge in [-0.25, -0.2) is 0 Å². The van der Waals surface area contributed by atoms with Crippen LogP contribution in [-0.2, 0) is 0 Å². The van der Waals surface area contributed by atoms with Crippen molar-refractivity contribution in [2.45, 2.75) is 38.8 Å². The molecule has 3 N–H and O–H groups in total. The molecule has 1 aliphatic heterocycles. The Morgan fingerprint density at radius 2 is 1.85 bits per heavy atom. The van der Waals surface area contributed by atoms with Crippen molar-refractivity contribution in [3.8, 4) is 0 Å². The number of nitrogens with zero attached hydrogens (tertiary/aromatic N) is 1. The van der Waals surface area contributed by atoms with E-state index in [1.807, 2.05) is 0 Å². The normalized spacial score (nSPS) is 23.3. The standard InChI is InChI=1S/C10H23N3/c1-9(7-11)12-10(2)8-13-5-3-4-6-13/h9-10,12H,3-8,11H2,1-2H3. The number of hydrogen-bond donors (Lipinski definition) is 2. The van der Waals surface area contributed by atoms with E-state index in [1.54, 1.807) is 0 Å². The smallest absolute Gasteiger partial charge is 0.0169 e. The Hall–Kier alpha value is -0.120. The minimum absolute atomic E-state index is 0.442. The van der Waals surface area contributed by atoms with Crippen molar-refractivity contribution in [2.24, 2.45) is 5.73 Å². The Balaban J connectivity index is 2.12. The Labute approximate surface area is 81.7 Å². The number of nitrogens with two attached hydrogens (primary N) is 1. The minimum atomic E-state index is 0.442. The fraction of sp³-hybridized carbons (Fsp3) is 1.00. The van der Waals surface area contributed by atoms with Crippen LogP contribution < -0.4 is 11.1 Å². The Morgan fingerprint density at radius 1 is 1.23 bits per heavy atom. The lowest BCUT2D eigenvalue weighted by molar-refractivity contribution is 0.289. The average molecular weight is 185 g/mol. The third kappa shape index (κ3) is 4.07. The maximum atomic E-state index is 5.55. The average Bonchev–Trinajstić information content (AvgIpc) is 2.56. The molecule has 1 heterocycles. The number of hydrogen-bond acceptors (Lipinski definition) is 3. The molecular formula is C10H23N3. The van der Waals surface area contributed by atoms with Gasteiger partial charge in [0.2, 0.25) is 0 Å². The van der Waals surface area contributed by atoms with Crippen LogP contribution in [0.2, 0.25) is 0 Å². The van der Waals surface area contributed by atoms with Gasteiger partial charge >= 0.3 is 0 Å². The van der Waals surface area contributed by atoms with Crippen molar-refractivity contribution < 1.29 is 0 Å². The molecule has 0 bridgehead atoms. The molecule has 0 aromatic carbocycles. The molecule has 78 valence electrons. The second-order valence-electron chi connectivity index (χ2n) is 4.21. The first-order chi connectivity index (χ1) is 6.22. The van der Waals surface area contributed by atoms with Crippen molar-refractivity contribution in [1.29, 1.82) is 0 Å². The minimum Gasteiger partial charge on any atom is -0.329 e. The lowest BCUT2D eigenvalue weighted by atomic mass is 10.2. The summed E-state index contributed by atoms with van der Waals surface area (Å²) in [4.78, 5) is 2.53. The van der Waals surface area contributed by atoms with Crippen LogP contribution in [0.4, 0.5) is 0 Å². The van der Waals surface area contributed by atoms with Crippen molar-refractivity contribution in [3.63, 3.8) is 0 Å². The monoisotopic (exact) mass is 185 g/mol. The quantitative estimate of drug-likeness (QED) is 0.652. The van der Waals surface area contributed by atoms with Gasteiger partial charge in [0.25, 0.3) is 0 Å². The molecule has 2 unspecified atom stereocenters. The van der Waals surface area contributed by atoms with Crippen LogP contribution in [-0.4, -0.2) is 43.2 Å². The lowest BCUT2D eigenvalue weighted by Gasteiger charge is -2.23. The molecule has 1 fully saturated rings. The van der Waals surface area contributed by atoms with Crippen LogP contribution in [0.25, 0.3) is 0 Å². The molecule has 0 aromatic rings. The summed E-state index contributed by atoms with van der Waals surface area (Å²) in [5.41, 5.74) is 5.55. The molecule has 1 aliphatic rings. The molecule has 0 aromatic heterocycles. The summed E-state index contributed by atoms with van der Waals surface area (Å²) in [5.74, 6) is 0. The first-order valence-corrected chi connectivity index (χ1v) is 5.41. The van der Waals surface area contributed by atoms with Gasteiger partial charge in [-0.1, -0.05) is 0 Å². The van der Waals surface area contributed by atoms with Crippen LogP contribution in [0.15, 0.2) is 0 Å². The van der Waals surface area contributed by atoms with Gasteiger partial charge in [0.05, 0.1) is 0 Å². The summed E-state index contributed by atoms with van der Waals surface area (Å²) in [6, 6.07) is 1.01. The fourth-order valence-electron chi connectivity index (χ4n) is 1.96. The van der Waals surface area contributed by atoms with E-state index in [2.05, 4.69) is 24.1 Å². The van der Waals surface area contributed by atoms with E-state index in [-0.39, 0.29) is 0 Å². The fourth-order valence-corrected chi connectivity index (χ4v) is 1.96. The molecule has 0 aliphatic carbocycles. The van der Waals surface area contributed by atoms with Crippen LogP contribution in [0.5, 0.6) is 0 Å². The molecule has 13 heavy (non-hydrogen) atoms. The van der Waals surface area contributed by atoms with E-state index in [0.29, 0.717) is 12.1 Å². The summed E-state index contributed by atoms with van der Waals surface area (Å²) in [5, 5.41) is 3.49. The van der Waals surface area contributed by atoms with Gasteiger partial charge < -0.3 is 16.0 Å². The summed E-state index contributed by atoms with van der Waals surface area (Å²) in [6.07, 6.45) is 2.75. The molecule has 2 atom stereocenters. The van der Waals surface area contributed by atoms with Crippen LogP contribution >= 0.6 is 0 Å². The summed E-state index contributed by atoms with van der Waals surface area (Å²) in [7, 11) is 0.